The van der Waals surface area contributed by atoms with Crippen molar-refractivity contribution in [1.82, 2.24) is 10.1 Å². The number of hydrogen-bond acceptors (Lipinski definition) is 5. The molecule has 0 spiro atoms. The van der Waals surface area contributed by atoms with Gasteiger partial charge in [0, 0.05) is 18.7 Å². The maximum absolute atomic E-state index is 12.8. The van der Waals surface area contributed by atoms with Crippen LogP contribution in [-0.2, 0) is 9.53 Å². The molecule has 1 saturated heterocycles. The monoisotopic (exact) mass is 328 g/mol. The number of benzene rings is 1. The molecular weight excluding hydrogens is 308 g/mol. The van der Waals surface area contributed by atoms with E-state index in [1.165, 1.54) is 0 Å². The Hall–Kier alpha value is -2.63. The Balaban J connectivity index is 1.87. The maximum Gasteiger partial charge on any atom is 0.344 e. The number of rotatable bonds is 4. The van der Waals surface area contributed by atoms with Crippen molar-refractivity contribution in [2.24, 2.45) is 0 Å². The Morgan fingerprint density at radius 1 is 1.17 bits per heavy atom. The molecule has 1 aliphatic rings. The van der Waals surface area contributed by atoms with Crippen LogP contribution in [-0.4, -0.2) is 35.0 Å². The van der Waals surface area contributed by atoms with Gasteiger partial charge < -0.3 is 14.2 Å². The fraction of sp³-hybridized carbons (Fsp3) is 0.389. The van der Waals surface area contributed by atoms with Crippen LogP contribution < -0.4 is 0 Å². The van der Waals surface area contributed by atoms with E-state index < -0.39 is 12.1 Å². The van der Waals surface area contributed by atoms with Gasteiger partial charge in [0.1, 0.15) is 11.3 Å². The molecule has 1 aromatic heterocycles. The van der Waals surface area contributed by atoms with Crippen LogP contribution in [0.3, 0.4) is 0 Å². The van der Waals surface area contributed by atoms with Gasteiger partial charge in [-0.2, -0.15) is 0 Å². The molecule has 1 amide bonds. The first-order valence-electron chi connectivity index (χ1n) is 8.05. The Kier molecular flexibility index (Phi) is 4.64. The molecule has 0 bridgehead atoms. The Labute approximate surface area is 140 Å². The van der Waals surface area contributed by atoms with E-state index in [0.29, 0.717) is 30.1 Å². The molecule has 6 heteroatoms. The second-order valence-corrected chi connectivity index (χ2v) is 5.93. The topological polar surface area (TPSA) is 72.6 Å². The van der Waals surface area contributed by atoms with E-state index in [9.17, 15) is 9.59 Å². The average Bonchev–Trinajstić information content (AvgIpc) is 3.23. The van der Waals surface area contributed by atoms with Crippen LogP contribution in [0.4, 0.5) is 0 Å². The van der Waals surface area contributed by atoms with Crippen LogP contribution in [0, 0.1) is 13.8 Å². The van der Waals surface area contributed by atoms with E-state index in [4.69, 9.17) is 9.26 Å². The zero-order valence-electron chi connectivity index (χ0n) is 13.8. The van der Waals surface area contributed by atoms with Gasteiger partial charge in [-0.05, 0) is 26.7 Å². The van der Waals surface area contributed by atoms with Gasteiger partial charge in [-0.25, -0.2) is 4.79 Å². The standard InChI is InChI=1S/C18H20N2O4/c1-12-15(13(2)24-19-12)18(22)23-16(14-8-4-3-5-9-14)17(21)20-10-6-7-11-20/h3-5,8-9,16H,6-7,10-11H2,1-2H3/t16-/m1/s1. The number of carbonyl (C=O) groups is 2. The quantitative estimate of drug-likeness (QED) is 0.807. The van der Waals surface area contributed by atoms with Crippen molar-refractivity contribution in [3.63, 3.8) is 0 Å². The molecule has 126 valence electrons. The predicted octanol–water partition coefficient (Wildman–Crippen LogP) is 2.81. The van der Waals surface area contributed by atoms with Crippen LogP contribution in [0.1, 0.15) is 46.3 Å². The molecule has 1 atom stereocenters. The van der Waals surface area contributed by atoms with Gasteiger partial charge in [0.05, 0.1) is 5.69 Å². The highest BCUT2D eigenvalue weighted by Gasteiger charge is 2.32. The summed E-state index contributed by atoms with van der Waals surface area (Å²) in [5, 5.41) is 3.77. The zero-order chi connectivity index (χ0) is 17.1. The van der Waals surface area contributed by atoms with Crippen molar-refractivity contribution in [2.75, 3.05) is 13.1 Å². The number of nitrogens with zero attached hydrogens (tertiary/aromatic N) is 2. The Morgan fingerprint density at radius 2 is 1.83 bits per heavy atom. The predicted molar refractivity (Wildman–Crippen MR) is 86.4 cm³/mol. The fourth-order valence-electron chi connectivity index (χ4n) is 2.93. The number of esters is 1. The third-order valence-electron chi connectivity index (χ3n) is 4.21. The van der Waals surface area contributed by atoms with Crippen LogP contribution in [0.5, 0.6) is 0 Å². The Bertz CT molecular complexity index is 713. The number of ether oxygens (including phenoxy) is 1. The number of likely N-dealkylation sites (tertiary alicyclic amines) is 1. The average molecular weight is 328 g/mol. The van der Waals surface area contributed by atoms with Crippen molar-refractivity contribution < 1.29 is 18.8 Å². The molecule has 1 fully saturated rings. The van der Waals surface area contributed by atoms with E-state index in [-0.39, 0.29) is 11.5 Å². The Morgan fingerprint density at radius 3 is 2.42 bits per heavy atom. The lowest BCUT2D eigenvalue weighted by Gasteiger charge is -2.23. The minimum absolute atomic E-state index is 0.182. The summed E-state index contributed by atoms with van der Waals surface area (Å²) in [5.74, 6) is -0.385. The van der Waals surface area contributed by atoms with Gasteiger partial charge >= 0.3 is 5.97 Å². The fourth-order valence-corrected chi connectivity index (χ4v) is 2.93. The van der Waals surface area contributed by atoms with Gasteiger partial charge in [-0.1, -0.05) is 35.5 Å². The highest BCUT2D eigenvalue weighted by molar-refractivity contribution is 5.94. The first kappa shape index (κ1) is 16.2. The van der Waals surface area contributed by atoms with Crippen LogP contribution in [0.2, 0.25) is 0 Å². The minimum atomic E-state index is -0.953. The molecule has 0 saturated carbocycles. The maximum atomic E-state index is 12.8. The van der Waals surface area contributed by atoms with Crippen molar-refractivity contribution in [3.05, 3.63) is 52.9 Å². The highest BCUT2D eigenvalue weighted by Crippen LogP contribution is 2.25. The highest BCUT2D eigenvalue weighted by atomic mass is 16.6. The van der Waals surface area contributed by atoms with Gasteiger partial charge in [-0.3, -0.25) is 4.79 Å². The summed E-state index contributed by atoms with van der Waals surface area (Å²) in [7, 11) is 0. The number of aryl methyl sites for hydroxylation is 2. The van der Waals surface area contributed by atoms with Crippen molar-refractivity contribution in [2.45, 2.75) is 32.8 Å². The minimum Gasteiger partial charge on any atom is -0.444 e. The molecular formula is C18H20N2O4. The molecule has 0 N–H and O–H groups in total. The van der Waals surface area contributed by atoms with Gasteiger partial charge in [-0.15, -0.1) is 0 Å². The van der Waals surface area contributed by atoms with Gasteiger partial charge in [0.2, 0.25) is 6.10 Å². The number of carbonyl (C=O) groups excluding carboxylic acids is 2. The molecule has 1 aromatic carbocycles. The molecule has 6 nitrogen and oxygen atoms in total. The lowest BCUT2D eigenvalue weighted by molar-refractivity contribution is -0.140. The van der Waals surface area contributed by atoms with E-state index in [1.54, 1.807) is 30.9 Å². The summed E-state index contributed by atoms with van der Waals surface area (Å²) >= 11 is 0. The van der Waals surface area contributed by atoms with Crippen LogP contribution in [0.15, 0.2) is 34.9 Å². The largest absolute Gasteiger partial charge is 0.444 e. The summed E-state index contributed by atoms with van der Waals surface area (Å²) in [6, 6.07) is 9.09. The summed E-state index contributed by atoms with van der Waals surface area (Å²) in [6.07, 6.45) is 1.00. The second-order valence-electron chi connectivity index (χ2n) is 5.93. The number of amides is 1. The summed E-state index contributed by atoms with van der Waals surface area (Å²) in [6.45, 7) is 4.72. The third kappa shape index (κ3) is 3.18. The van der Waals surface area contributed by atoms with E-state index in [1.807, 2.05) is 18.2 Å². The summed E-state index contributed by atoms with van der Waals surface area (Å²) < 4.78 is 10.6. The van der Waals surface area contributed by atoms with Crippen molar-refractivity contribution in [3.8, 4) is 0 Å². The smallest absolute Gasteiger partial charge is 0.344 e. The normalized spacial score (nSPS) is 15.3. The molecule has 2 aromatic rings. The van der Waals surface area contributed by atoms with Crippen LogP contribution in [0.25, 0.3) is 0 Å². The summed E-state index contributed by atoms with van der Waals surface area (Å²) in [5.41, 5.74) is 1.40. The molecule has 0 unspecified atom stereocenters. The molecule has 0 radical (unpaired) electrons. The molecule has 3 rings (SSSR count). The first-order chi connectivity index (χ1) is 11.6. The molecule has 0 aliphatic carbocycles. The number of hydrogen-bond donors (Lipinski definition) is 0. The van der Waals surface area contributed by atoms with Gasteiger partial charge in [0.25, 0.3) is 5.91 Å². The summed E-state index contributed by atoms with van der Waals surface area (Å²) in [4.78, 5) is 27.1. The van der Waals surface area contributed by atoms with Crippen molar-refractivity contribution >= 4 is 11.9 Å². The molecule has 2 heterocycles. The van der Waals surface area contributed by atoms with Gasteiger partial charge in [0.15, 0.2) is 0 Å². The van der Waals surface area contributed by atoms with E-state index >= 15 is 0 Å². The SMILES string of the molecule is Cc1noc(C)c1C(=O)O[C@@H](C(=O)N1CCCC1)c1ccccc1. The lowest BCUT2D eigenvalue weighted by atomic mass is 10.1. The van der Waals surface area contributed by atoms with Crippen molar-refractivity contribution in [1.29, 1.82) is 0 Å². The van der Waals surface area contributed by atoms with E-state index in [0.717, 1.165) is 12.8 Å². The van der Waals surface area contributed by atoms with Crippen LogP contribution >= 0.6 is 0 Å². The molecule has 24 heavy (non-hydrogen) atoms. The second kappa shape index (κ2) is 6.86. The third-order valence-corrected chi connectivity index (χ3v) is 4.21. The van der Waals surface area contributed by atoms with E-state index in [2.05, 4.69) is 5.16 Å². The number of aromatic nitrogens is 1. The zero-order valence-corrected chi connectivity index (χ0v) is 13.8. The molecule has 1 aliphatic heterocycles. The lowest BCUT2D eigenvalue weighted by Crippen LogP contribution is -2.35. The first-order valence-corrected chi connectivity index (χ1v) is 8.05.